The van der Waals surface area contributed by atoms with Gasteiger partial charge in [0, 0.05) is 23.4 Å². The molecule has 11 heteroatoms. The Kier molecular flexibility index (Phi) is 4.69. The topological polar surface area (TPSA) is 148 Å². The van der Waals surface area contributed by atoms with Crippen LogP contribution in [0.5, 0.6) is 0 Å². The zero-order valence-electron chi connectivity index (χ0n) is 13.2. The first-order valence-electron chi connectivity index (χ1n) is 7.24. The van der Waals surface area contributed by atoms with Gasteiger partial charge in [-0.2, -0.15) is 5.26 Å². The molecule has 0 atom stereocenters. The summed E-state index contributed by atoms with van der Waals surface area (Å²) >= 11 is 5.88. The minimum absolute atomic E-state index is 0.00203. The van der Waals surface area contributed by atoms with Crippen LogP contribution in [-0.2, 0) is 0 Å². The predicted molar refractivity (Wildman–Crippen MR) is 96.0 cm³/mol. The number of anilines is 1. The minimum atomic E-state index is -0.752. The van der Waals surface area contributed by atoms with Crippen LogP contribution in [0, 0.1) is 31.6 Å². The number of benzene rings is 2. The number of oxazole rings is 1. The van der Waals surface area contributed by atoms with Crippen LogP contribution in [-0.4, -0.2) is 14.8 Å². The Labute approximate surface area is 155 Å². The number of nitrogens with one attached hydrogen (secondary N) is 1. The molecular weight excluding hydrogens is 378 g/mol. The lowest BCUT2D eigenvalue weighted by molar-refractivity contribution is -0.394. The number of hydrogen-bond acceptors (Lipinski definition) is 8. The van der Waals surface area contributed by atoms with Gasteiger partial charge in [-0.3, -0.25) is 20.2 Å². The second-order valence-corrected chi connectivity index (χ2v) is 5.63. The summed E-state index contributed by atoms with van der Waals surface area (Å²) in [7, 11) is 0. The molecule has 0 unspecified atom stereocenters. The summed E-state index contributed by atoms with van der Waals surface area (Å²) in [6.45, 7) is 0. The number of aromatic nitrogens is 1. The highest BCUT2D eigenvalue weighted by Crippen LogP contribution is 2.27. The molecule has 0 bridgehead atoms. The molecule has 0 spiro atoms. The van der Waals surface area contributed by atoms with Crippen molar-refractivity contribution in [2.24, 2.45) is 0 Å². The Morgan fingerprint density at radius 1 is 1.19 bits per heavy atom. The van der Waals surface area contributed by atoms with Gasteiger partial charge in [0.15, 0.2) is 5.58 Å². The highest BCUT2D eigenvalue weighted by atomic mass is 35.5. The Morgan fingerprint density at radius 3 is 2.44 bits per heavy atom. The van der Waals surface area contributed by atoms with E-state index in [1.807, 2.05) is 6.07 Å². The molecule has 3 rings (SSSR count). The standard InChI is InChI=1S/C16H8ClN5O5/c17-10-1-2-15-14(3-10)20-16(27-15)9(7-18)8-19-11-4-12(21(23)24)6-13(5-11)22(25)26/h1-6,8,19H. The van der Waals surface area contributed by atoms with Crippen molar-refractivity contribution < 1.29 is 14.3 Å². The number of halogens is 1. The van der Waals surface area contributed by atoms with Crippen molar-refractivity contribution in [2.75, 3.05) is 5.32 Å². The van der Waals surface area contributed by atoms with E-state index in [-0.39, 0.29) is 17.2 Å². The smallest absolute Gasteiger partial charge is 0.278 e. The van der Waals surface area contributed by atoms with Crippen molar-refractivity contribution in [2.45, 2.75) is 0 Å². The van der Waals surface area contributed by atoms with E-state index < -0.39 is 21.2 Å². The monoisotopic (exact) mass is 385 g/mol. The first-order chi connectivity index (χ1) is 12.9. The molecule has 0 saturated heterocycles. The molecule has 1 N–H and O–H groups in total. The summed E-state index contributed by atoms with van der Waals surface area (Å²) < 4.78 is 5.47. The molecule has 0 amide bonds. The highest BCUT2D eigenvalue weighted by Gasteiger charge is 2.17. The first kappa shape index (κ1) is 17.8. The summed E-state index contributed by atoms with van der Waals surface area (Å²) in [4.78, 5) is 24.5. The van der Waals surface area contributed by atoms with E-state index in [0.717, 1.165) is 18.2 Å². The van der Waals surface area contributed by atoms with Crippen LogP contribution in [0.1, 0.15) is 5.89 Å². The molecule has 0 aliphatic carbocycles. The Balaban J connectivity index is 1.96. The predicted octanol–water partition coefficient (Wildman–Crippen LogP) is 4.27. The molecule has 0 fully saturated rings. The van der Waals surface area contributed by atoms with E-state index in [1.54, 1.807) is 18.2 Å². The van der Waals surface area contributed by atoms with E-state index in [1.165, 1.54) is 6.20 Å². The largest absolute Gasteiger partial charge is 0.435 e. The Bertz CT molecular complexity index is 1120. The van der Waals surface area contributed by atoms with Crippen molar-refractivity contribution in [1.82, 2.24) is 4.98 Å². The van der Waals surface area contributed by atoms with Crippen LogP contribution in [0.4, 0.5) is 17.1 Å². The molecule has 1 aromatic heterocycles. The summed E-state index contributed by atoms with van der Waals surface area (Å²) in [6.07, 6.45) is 1.19. The second-order valence-electron chi connectivity index (χ2n) is 5.20. The molecule has 0 radical (unpaired) electrons. The fourth-order valence-electron chi connectivity index (χ4n) is 2.20. The van der Waals surface area contributed by atoms with Crippen molar-refractivity contribution >= 4 is 45.3 Å². The Morgan fingerprint density at radius 2 is 1.85 bits per heavy atom. The average molecular weight is 386 g/mol. The number of nitro groups is 2. The average Bonchev–Trinajstić information content (AvgIpc) is 3.04. The molecular formula is C16H8ClN5O5. The van der Waals surface area contributed by atoms with Gasteiger partial charge in [0.1, 0.15) is 17.2 Å². The molecule has 0 aliphatic heterocycles. The van der Waals surface area contributed by atoms with Gasteiger partial charge in [-0.1, -0.05) is 11.6 Å². The lowest BCUT2D eigenvalue weighted by atomic mass is 10.2. The maximum atomic E-state index is 10.9. The summed E-state index contributed by atoms with van der Waals surface area (Å²) in [6, 6.07) is 9.69. The summed E-state index contributed by atoms with van der Waals surface area (Å²) in [5.74, 6) is 0.00203. The first-order valence-corrected chi connectivity index (χ1v) is 7.62. The second kappa shape index (κ2) is 7.11. The van der Waals surface area contributed by atoms with E-state index >= 15 is 0 Å². The third-order valence-corrected chi connectivity index (χ3v) is 3.64. The number of fused-ring (bicyclic) bond motifs is 1. The molecule has 0 aliphatic rings. The van der Waals surface area contributed by atoms with E-state index in [9.17, 15) is 25.5 Å². The summed E-state index contributed by atoms with van der Waals surface area (Å²) in [5, 5.41) is 34.2. The quantitative estimate of drug-likeness (QED) is 0.388. The number of rotatable bonds is 5. The number of nitrogens with zero attached hydrogens (tertiary/aromatic N) is 4. The van der Waals surface area contributed by atoms with E-state index in [4.69, 9.17) is 16.0 Å². The third-order valence-electron chi connectivity index (χ3n) is 3.41. The van der Waals surface area contributed by atoms with Crippen molar-refractivity contribution in [1.29, 1.82) is 5.26 Å². The molecule has 2 aromatic carbocycles. The third kappa shape index (κ3) is 3.83. The number of nitriles is 1. The zero-order valence-corrected chi connectivity index (χ0v) is 14.0. The van der Waals surface area contributed by atoms with Gasteiger partial charge in [0.05, 0.1) is 21.6 Å². The molecule has 134 valence electrons. The van der Waals surface area contributed by atoms with Crippen LogP contribution in [0.3, 0.4) is 0 Å². The molecule has 10 nitrogen and oxygen atoms in total. The van der Waals surface area contributed by atoms with Crippen LogP contribution < -0.4 is 5.32 Å². The van der Waals surface area contributed by atoms with Crippen LogP contribution in [0.25, 0.3) is 16.7 Å². The van der Waals surface area contributed by atoms with Crippen molar-refractivity contribution in [3.05, 3.63) is 73.7 Å². The van der Waals surface area contributed by atoms with Crippen LogP contribution >= 0.6 is 11.6 Å². The van der Waals surface area contributed by atoms with Crippen molar-refractivity contribution in [3.8, 4) is 6.07 Å². The van der Waals surface area contributed by atoms with E-state index in [0.29, 0.717) is 16.1 Å². The number of nitro benzene ring substituents is 2. The van der Waals surface area contributed by atoms with Gasteiger partial charge in [0.25, 0.3) is 11.4 Å². The van der Waals surface area contributed by atoms with Gasteiger partial charge >= 0.3 is 0 Å². The SMILES string of the molecule is N#CC(=CNc1cc([N+](=O)[O-])cc([N+](=O)[O-])c1)c1nc2cc(Cl)ccc2o1. The number of allylic oxidation sites excluding steroid dienone is 1. The zero-order chi connectivity index (χ0) is 19.6. The van der Waals surface area contributed by atoms with Gasteiger partial charge < -0.3 is 9.73 Å². The number of hydrogen-bond donors (Lipinski definition) is 1. The summed E-state index contributed by atoms with van der Waals surface area (Å²) in [5.41, 5.74) is -0.0179. The van der Waals surface area contributed by atoms with Gasteiger partial charge in [-0.25, -0.2) is 4.98 Å². The van der Waals surface area contributed by atoms with Gasteiger partial charge in [-0.05, 0) is 18.2 Å². The molecule has 3 aromatic rings. The maximum absolute atomic E-state index is 10.9. The van der Waals surface area contributed by atoms with Gasteiger partial charge in [-0.15, -0.1) is 0 Å². The normalized spacial score (nSPS) is 11.2. The fraction of sp³-hybridized carbons (Fsp3) is 0. The van der Waals surface area contributed by atoms with Crippen LogP contribution in [0.15, 0.2) is 47.0 Å². The minimum Gasteiger partial charge on any atom is -0.435 e. The van der Waals surface area contributed by atoms with E-state index in [2.05, 4.69) is 10.3 Å². The molecule has 1 heterocycles. The molecule has 27 heavy (non-hydrogen) atoms. The molecule has 0 saturated carbocycles. The highest BCUT2D eigenvalue weighted by molar-refractivity contribution is 6.31. The number of non-ortho nitro benzene ring substituents is 2. The lowest BCUT2D eigenvalue weighted by Crippen LogP contribution is -1.97. The van der Waals surface area contributed by atoms with Crippen molar-refractivity contribution in [3.63, 3.8) is 0 Å². The lowest BCUT2D eigenvalue weighted by Gasteiger charge is -2.02. The fourth-order valence-corrected chi connectivity index (χ4v) is 2.37. The maximum Gasteiger partial charge on any atom is 0.278 e. The Hall–Kier alpha value is -3.97. The van der Waals surface area contributed by atoms with Gasteiger partial charge in [0.2, 0.25) is 5.89 Å². The van der Waals surface area contributed by atoms with Crippen LogP contribution in [0.2, 0.25) is 5.02 Å².